The number of hydrogen-bond donors (Lipinski definition) is 1. The normalized spacial score (nSPS) is 14.3. The van der Waals surface area contributed by atoms with Gasteiger partial charge < -0.3 is 19.5 Å². The molecule has 0 bridgehead atoms. The molecular weight excluding hydrogens is 330 g/mol. The minimum atomic E-state index is -0.202. The molecule has 1 aliphatic rings. The van der Waals surface area contributed by atoms with Gasteiger partial charge in [-0.05, 0) is 18.2 Å². The zero-order valence-electron chi connectivity index (χ0n) is 13.5. The van der Waals surface area contributed by atoms with Crippen molar-refractivity contribution in [3.8, 4) is 17.2 Å². The van der Waals surface area contributed by atoms with Gasteiger partial charge in [-0.25, -0.2) is 0 Å². The number of anilines is 1. The molecule has 1 aliphatic heterocycles. The summed E-state index contributed by atoms with van der Waals surface area (Å²) in [5, 5.41) is 3.37. The highest BCUT2D eigenvalue weighted by Gasteiger charge is 2.25. The van der Waals surface area contributed by atoms with Crippen LogP contribution >= 0.6 is 11.6 Å². The average Bonchev–Trinajstić information content (AvgIpc) is 2.89. The van der Waals surface area contributed by atoms with Crippen molar-refractivity contribution in [3.05, 3.63) is 46.5 Å². The summed E-state index contributed by atoms with van der Waals surface area (Å²) in [5.74, 6) is 1.50. The number of amides is 1. The second-order valence-corrected chi connectivity index (χ2v) is 5.58. The van der Waals surface area contributed by atoms with Crippen LogP contribution in [-0.4, -0.2) is 27.2 Å². The van der Waals surface area contributed by atoms with E-state index in [4.69, 9.17) is 25.8 Å². The van der Waals surface area contributed by atoms with E-state index in [9.17, 15) is 4.79 Å². The highest BCUT2D eigenvalue weighted by molar-refractivity contribution is 6.36. The summed E-state index contributed by atoms with van der Waals surface area (Å²) >= 11 is 5.98. The van der Waals surface area contributed by atoms with E-state index in [0.29, 0.717) is 39.1 Å². The summed E-state index contributed by atoms with van der Waals surface area (Å²) in [4.78, 5) is 12.3. The third-order valence-corrected chi connectivity index (χ3v) is 4.04. The Labute approximate surface area is 144 Å². The Hall–Kier alpha value is -2.66. The molecule has 5 nitrogen and oxygen atoms in total. The number of hydrogen-bond acceptors (Lipinski definition) is 4. The Morgan fingerprint density at radius 1 is 1.00 bits per heavy atom. The SMILES string of the molecule is COc1cc(OC)c(C=C2C(=O)Nc3cc(Cl)ccc32)c(OC)c1. The van der Waals surface area contributed by atoms with Gasteiger partial charge in [-0.3, -0.25) is 4.79 Å². The second kappa shape index (κ2) is 6.45. The van der Waals surface area contributed by atoms with E-state index in [-0.39, 0.29) is 5.91 Å². The first kappa shape index (κ1) is 16.2. The zero-order valence-corrected chi connectivity index (χ0v) is 14.2. The maximum atomic E-state index is 12.3. The van der Waals surface area contributed by atoms with Crippen LogP contribution in [0.5, 0.6) is 17.2 Å². The van der Waals surface area contributed by atoms with Crippen molar-refractivity contribution in [2.24, 2.45) is 0 Å². The molecular formula is C18H16ClNO4. The number of ether oxygens (including phenoxy) is 3. The standard InChI is InChI=1S/C18H16ClNO4/c1-22-11-7-16(23-2)14(17(8-11)24-3)9-13-12-5-4-10(19)6-15(12)20-18(13)21/h4-9H,1-3H3,(H,20,21). The summed E-state index contributed by atoms with van der Waals surface area (Å²) in [5.41, 5.74) is 2.65. The summed E-state index contributed by atoms with van der Waals surface area (Å²) in [6, 6.07) is 8.76. The fourth-order valence-electron chi connectivity index (χ4n) is 2.63. The van der Waals surface area contributed by atoms with E-state index < -0.39 is 0 Å². The summed E-state index contributed by atoms with van der Waals surface area (Å²) in [7, 11) is 4.67. The van der Waals surface area contributed by atoms with Gasteiger partial charge in [-0.15, -0.1) is 0 Å². The Balaban J connectivity index is 2.17. The molecule has 1 heterocycles. The Morgan fingerprint density at radius 3 is 2.25 bits per heavy atom. The van der Waals surface area contributed by atoms with Crippen molar-refractivity contribution >= 4 is 34.8 Å². The first-order valence-corrected chi connectivity index (χ1v) is 7.58. The number of methoxy groups -OCH3 is 3. The molecule has 0 spiro atoms. The molecule has 6 heteroatoms. The molecule has 1 amide bonds. The highest BCUT2D eigenvalue weighted by atomic mass is 35.5. The number of carbonyl (C=O) groups excluding carboxylic acids is 1. The van der Waals surface area contributed by atoms with Gasteiger partial charge in [0.1, 0.15) is 17.2 Å². The molecule has 0 unspecified atom stereocenters. The molecule has 2 aromatic rings. The number of carbonyl (C=O) groups is 1. The quantitative estimate of drug-likeness (QED) is 0.855. The van der Waals surface area contributed by atoms with Crippen LogP contribution in [0.25, 0.3) is 11.6 Å². The Kier molecular flexibility index (Phi) is 4.36. The lowest BCUT2D eigenvalue weighted by molar-refractivity contribution is -0.110. The molecule has 124 valence electrons. The van der Waals surface area contributed by atoms with Crippen molar-refractivity contribution in [1.82, 2.24) is 0 Å². The van der Waals surface area contributed by atoms with E-state index >= 15 is 0 Å². The molecule has 0 fully saturated rings. The van der Waals surface area contributed by atoms with E-state index in [0.717, 1.165) is 5.56 Å². The lowest BCUT2D eigenvalue weighted by Crippen LogP contribution is -2.04. The molecule has 0 saturated carbocycles. The van der Waals surface area contributed by atoms with Gasteiger partial charge in [0.15, 0.2) is 0 Å². The van der Waals surface area contributed by atoms with Crippen LogP contribution in [0.3, 0.4) is 0 Å². The maximum absolute atomic E-state index is 12.3. The van der Waals surface area contributed by atoms with Crippen LogP contribution in [0, 0.1) is 0 Å². The highest BCUT2D eigenvalue weighted by Crippen LogP contribution is 2.40. The second-order valence-electron chi connectivity index (χ2n) is 5.15. The van der Waals surface area contributed by atoms with Crippen LogP contribution in [0.2, 0.25) is 5.02 Å². The van der Waals surface area contributed by atoms with Gasteiger partial charge in [0.05, 0.1) is 32.6 Å². The first-order valence-electron chi connectivity index (χ1n) is 7.20. The van der Waals surface area contributed by atoms with Crippen LogP contribution in [0.4, 0.5) is 5.69 Å². The molecule has 0 radical (unpaired) electrons. The Morgan fingerprint density at radius 2 is 1.67 bits per heavy atom. The van der Waals surface area contributed by atoms with Crippen LogP contribution in [0.1, 0.15) is 11.1 Å². The summed E-state index contributed by atoms with van der Waals surface area (Å²) in [6.07, 6.45) is 1.74. The zero-order chi connectivity index (χ0) is 17.3. The van der Waals surface area contributed by atoms with Crippen molar-refractivity contribution in [3.63, 3.8) is 0 Å². The molecule has 3 rings (SSSR count). The van der Waals surface area contributed by atoms with Gasteiger partial charge >= 0.3 is 0 Å². The number of rotatable bonds is 4. The fourth-order valence-corrected chi connectivity index (χ4v) is 2.80. The molecule has 0 aliphatic carbocycles. The maximum Gasteiger partial charge on any atom is 0.256 e. The smallest absolute Gasteiger partial charge is 0.256 e. The van der Waals surface area contributed by atoms with Gasteiger partial charge in [-0.1, -0.05) is 17.7 Å². The fraction of sp³-hybridized carbons (Fsp3) is 0.167. The summed E-state index contributed by atoms with van der Waals surface area (Å²) in [6.45, 7) is 0. The molecule has 1 N–H and O–H groups in total. The lowest BCUT2D eigenvalue weighted by Gasteiger charge is -2.13. The van der Waals surface area contributed by atoms with Gasteiger partial charge in [-0.2, -0.15) is 0 Å². The predicted molar refractivity (Wildman–Crippen MR) is 94.1 cm³/mol. The van der Waals surface area contributed by atoms with E-state index in [1.807, 2.05) is 6.07 Å². The van der Waals surface area contributed by atoms with Crippen molar-refractivity contribution < 1.29 is 19.0 Å². The van der Waals surface area contributed by atoms with Gasteiger partial charge in [0.25, 0.3) is 5.91 Å². The van der Waals surface area contributed by atoms with Crippen molar-refractivity contribution in [2.75, 3.05) is 26.6 Å². The third-order valence-electron chi connectivity index (χ3n) is 3.81. The van der Waals surface area contributed by atoms with Gasteiger partial charge in [0.2, 0.25) is 0 Å². The van der Waals surface area contributed by atoms with Crippen LogP contribution < -0.4 is 19.5 Å². The summed E-state index contributed by atoms with van der Waals surface area (Å²) < 4.78 is 16.1. The molecule has 2 aromatic carbocycles. The molecule has 0 aromatic heterocycles. The van der Waals surface area contributed by atoms with Crippen LogP contribution in [0.15, 0.2) is 30.3 Å². The minimum Gasteiger partial charge on any atom is -0.496 e. The number of fused-ring (bicyclic) bond motifs is 1. The third kappa shape index (κ3) is 2.78. The average molecular weight is 346 g/mol. The number of nitrogens with one attached hydrogen (secondary N) is 1. The van der Waals surface area contributed by atoms with Crippen molar-refractivity contribution in [2.45, 2.75) is 0 Å². The van der Waals surface area contributed by atoms with E-state index in [2.05, 4.69) is 5.32 Å². The van der Waals surface area contributed by atoms with E-state index in [1.54, 1.807) is 51.7 Å². The van der Waals surface area contributed by atoms with Crippen LogP contribution in [-0.2, 0) is 4.79 Å². The molecule has 24 heavy (non-hydrogen) atoms. The minimum absolute atomic E-state index is 0.202. The number of halogens is 1. The molecule has 0 atom stereocenters. The monoisotopic (exact) mass is 345 g/mol. The Bertz CT molecular complexity index is 820. The topological polar surface area (TPSA) is 56.8 Å². The first-order chi connectivity index (χ1) is 11.6. The number of benzene rings is 2. The lowest BCUT2D eigenvalue weighted by atomic mass is 10.0. The van der Waals surface area contributed by atoms with Gasteiger partial charge in [0, 0.05) is 28.3 Å². The largest absolute Gasteiger partial charge is 0.496 e. The van der Waals surface area contributed by atoms with Crippen molar-refractivity contribution in [1.29, 1.82) is 0 Å². The predicted octanol–water partition coefficient (Wildman–Crippen LogP) is 3.86. The van der Waals surface area contributed by atoms with E-state index in [1.165, 1.54) is 0 Å². The molecule has 0 saturated heterocycles.